The number of hydrogen-bond donors (Lipinski definition) is 1. The van der Waals surface area contributed by atoms with Crippen LogP contribution in [0.4, 0.5) is 0 Å². The SMILES string of the molecule is C=CCOc1ccc(/C=N/NC(=O)C(=O)N(CC)CC)cc1. The number of nitrogens with one attached hydrogen (secondary N) is 1. The predicted molar refractivity (Wildman–Crippen MR) is 85.8 cm³/mol. The lowest BCUT2D eigenvalue weighted by Gasteiger charge is -2.16. The first-order valence-electron chi connectivity index (χ1n) is 7.08. The number of amides is 2. The van der Waals surface area contributed by atoms with Crippen molar-refractivity contribution in [2.45, 2.75) is 13.8 Å². The molecule has 22 heavy (non-hydrogen) atoms. The van der Waals surface area contributed by atoms with E-state index in [2.05, 4.69) is 17.1 Å². The molecule has 1 N–H and O–H groups in total. The highest BCUT2D eigenvalue weighted by Crippen LogP contribution is 2.10. The summed E-state index contributed by atoms with van der Waals surface area (Å²) in [4.78, 5) is 24.8. The van der Waals surface area contributed by atoms with Crippen molar-refractivity contribution < 1.29 is 14.3 Å². The molecule has 1 aromatic rings. The molecule has 0 saturated carbocycles. The number of ether oxygens (including phenoxy) is 1. The third-order valence-corrected chi connectivity index (χ3v) is 2.87. The van der Waals surface area contributed by atoms with Crippen LogP contribution in [0.5, 0.6) is 5.75 Å². The second kappa shape index (κ2) is 9.33. The van der Waals surface area contributed by atoms with Gasteiger partial charge in [0, 0.05) is 13.1 Å². The predicted octanol–water partition coefficient (Wildman–Crippen LogP) is 1.57. The molecule has 0 radical (unpaired) electrons. The summed E-state index contributed by atoms with van der Waals surface area (Å²) in [6.07, 6.45) is 3.13. The molecular weight excluding hydrogens is 282 g/mol. The molecule has 6 heteroatoms. The van der Waals surface area contributed by atoms with E-state index in [1.807, 2.05) is 13.8 Å². The quantitative estimate of drug-likeness (QED) is 0.360. The van der Waals surface area contributed by atoms with Gasteiger partial charge in [-0.25, -0.2) is 5.43 Å². The van der Waals surface area contributed by atoms with Gasteiger partial charge >= 0.3 is 11.8 Å². The van der Waals surface area contributed by atoms with Crippen LogP contribution in [-0.2, 0) is 9.59 Å². The molecular formula is C16H21N3O3. The summed E-state index contributed by atoms with van der Waals surface area (Å²) >= 11 is 0. The molecule has 0 heterocycles. The first-order valence-corrected chi connectivity index (χ1v) is 7.08. The van der Waals surface area contributed by atoms with Gasteiger partial charge in [0.2, 0.25) is 0 Å². The maximum atomic E-state index is 11.7. The summed E-state index contributed by atoms with van der Waals surface area (Å²) in [5.74, 6) is -0.612. The van der Waals surface area contributed by atoms with Crippen molar-refractivity contribution in [3.63, 3.8) is 0 Å². The molecule has 118 valence electrons. The molecule has 0 spiro atoms. The van der Waals surface area contributed by atoms with E-state index in [1.165, 1.54) is 11.1 Å². The molecule has 0 aliphatic carbocycles. The Morgan fingerprint density at radius 2 is 1.91 bits per heavy atom. The first-order chi connectivity index (χ1) is 10.6. The van der Waals surface area contributed by atoms with E-state index in [9.17, 15) is 9.59 Å². The molecule has 0 aromatic heterocycles. The third kappa shape index (κ3) is 5.40. The third-order valence-electron chi connectivity index (χ3n) is 2.87. The number of benzene rings is 1. The number of carbonyl (C=O) groups excluding carboxylic acids is 2. The van der Waals surface area contributed by atoms with Crippen LogP contribution in [0.1, 0.15) is 19.4 Å². The Balaban J connectivity index is 2.53. The lowest BCUT2D eigenvalue weighted by molar-refractivity contribution is -0.145. The van der Waals surface area contributed by atoms with Crippen LogP contribution in [0.3, 0.4) is 0 Å². The first kappa shape index (κ1) is 17.4. The van der Waals surface area contributed by atoms with Crippen molar-refractivity contribution in [2.24, 2.45) is 5.10 Å². The summed E-state index contributed by atoms with van der Waals surface area (Å²) in [6.45, 7) is 8.61. The van der Waals surface area contributed by atoms with Gasteiger partial charge in [-0.1, -0.05) is 12.7 Å². The number of likely N-dealkylation sites (N-methyl/N-ethyl adjacent to an activating group) is 1. The van der Waals surface area contributed by atoms with E-state index in [0.717, 1.165) is 11.3 Å². The lowest BCUT2D eigenvalue weighted by atomic mass is 10.2. The topological polar surface area (TPSA) is 71.0 Å². The molecule has 0 unspecified atom stereocenters. The van der Waals surface area contributed by atoms with Crippen LogP contribution in [0.15, 0.2) is 42.0 Å². The highest BCUT2D eigenvalue weighted by molar-refractivity contribution is 6.34. The summed E-state index contributed by atoms with van der Waals surface area (Å²) in [5, 5.41) is 3.78. The number of hydrogen-bond acceptors (Lipinski definition) is 4. The highest BCUT2D eigenvalue weighted by atomic mass is 16.5. The van der Waals surface area contributed by atoms with E-state index >= 15 is 0 Å². The normalized spacial score (nSPS) is 10.3. The molecule has 1 aromatic carbocycles. The Bertz CT molecular complexity index is 534. The van der Waals surface area contributed by atoms with E-state index in [4.69, 9.17) is 4.74 Å². The van der Waals surface area contributed by atoms with E-state index < -0.39 is 11.8 Å². The number of nitrogens with zero attached hydrogens (tertiary/aromatic N) is 2. The van der Waals surface area contributed by atoms with Gasteiger partial charge in [-0.15, -0.1) is 0 Å². The van der Waals surface area contributed by atoms with Gasteiger partial charge in [-0.2, -0.15) is 5.10 Å². The maximum Gasteiger partial charge on any atom is 0.329 e. The standard InChI is InChI=1S/C16H21N3O3/c1-4-11-22-14-9-7-13(8-10-14)12-17-18-15(20)16(21)19(5-2)6-3/h4,7-10,12H,1,5-6,11H2,2-3H3,(H,18,20)/b17-12+. The zero-order valence-corrected chi connectivity index (χ0v) is 12.9. The Labute approximate surface area is 130 Å². The van der Waals surface area contributed by atoms with Crippen molar-refractivity contribution >= 4 is 18.0 Å². The van der Waals surface area contributed by atoms with Gasteiger partial charge in [0.15, 0.2) is 0 Å². The largest absolute Gasteiger partial charge is 0.490 e. The molecule has 2 amide bonds. The zero-order chi connectivity index (χ0) is 16.4. The number of rotatable bonds is 7. The van der Waals surface area contributed by atoms with Crippen LogP contribution in [-0.4, -0.2) is 42.6 Å². The Hall–Kier alpha value is -2.63. The smallest absolute Gasteiger partial charge is 0.329 e. The van der Waals surface area contributed by atoms with Crippen LogP contribution < -0.4 is 10.2 Å². The minimum absolute atomic E-state index is 0.441. The Morgan fingerprint density at radius 1 is 1.27 bits per heavy atom. The molecule has 0 bridgehead atoms. The van der Waals surface area contributed by atoms with E-state index in [0.29, 0.717) is 19.7 Å². The summed E-state index contributed by atoms with van der Waals surface area (Å²) in [5.41, 5.74) is 3.00. The molecule has 0 aliphatic heterocycles. The van der Waals surface area contributed by atoms with Crippen LogP contribution in [0.25, 0.3) is 0 Å². The summed E-state index contributed by atoms with van der Waals surface area (Å²) < 4.78 is 5.35. The second-order valence-corrected chi connectivity index (χ2v) is 4.35. The van der Waals surface area contributed by atoms with Gasteiger partial charge in [-0.3, -0.25) is 9.59 Å². The fraction of sp³-hybridized carbons (Fsp3) is 0.312. The minimum atomic E-state index is -0.745. The van der Waals surface area contributed by atoms with Gasteiger partial charge in [0.1, 0.15) is 12.4 Å². The summed E-state index contributed by atoms with van der Waals surface area (Å²) in [7, 11) is 0. The van der Waals surface area contributed by atoms with Gasteiger partial charge in [-0.05, 0) is 43.7 Å². The van der Waals surface area contributed by atoms with Crippen molar-refractivity contribution in [3.05, 3.63) is 42.5 Å². The average Bonchev–Trinajstić information content (AvgIpc) is 2.55. The molecule has 6 nitrogen and oxygen atoms in total. The molecule has 1 rings (SSSR count). The maximum absolute atomic E-state index is 11.7. The number of hydrazone groups is 1. The minimum Gasteiger partial charge on any atom is -0.490 e. The fourth-order valence-electron chi connectivity index (χ4n) is 1.67. The highest BCUT2D eigenvalue weighted by Gasteiger charge is 2.18. The molecule has 0 fully saturated rings. The summed E-state index contributed by atoms with van der Waals surface area (Å²) in [6, 6.07) is 7.15. The van der Waals surface area contributed by atoms with Crippen molar-refractivity contribution in [1.29, 1.82) is 0 Å². The van der Waals surface area contributed by atoms with Crippen molar-refractivity contribution in [3.8, 4) is 5.75 Å². The van der Waals surface area contributed by atoms with Gasteiger partial charge in [0.05, 0.1) is 6.21 Å². The Morgan fingerprint density at radius 3 is 2.45 bits per heavy atom. The number of carbonyl (C=O) groups is 2. The fourth-order valence-corrected chi connectivity index (χ4v) is 1.67. The van der Waals surface area contributed by atoms with Crippen LogP contribution in [0.2, 0.25) is 0 Å². The van der Waals surface area contributed by atoms with Crippen LogP contribution in [0, 0.1) is 0 Å². The zero-order valence-electron chi connectivity index (χ0n) is 12.9. The van der Waals surface area contributed by atoms with E-state index in [1.54, 1.807) is 30.3 Å². The van der Waals surface area contributed by atoms with Gasteiger partial charge in [0.25, 0.3) is 0 Å². The monoisotopic (exact) mass is 303 g/mol. The molecule has 0 aliphatic rings. The van der Waals surface area contributed by atoms with Crippen molar-refractivity contribution in [1.82, 2.24) is 10.3 Å². The Kier molecular flexibility index (Phi) is 7.39. The van der Waals surface area contributed by atoms with E-state index in [-0.39, 0.29) is 0 Å². The lowest BCUT2D eigenvalue weighted by Crippen LogP contribution is -2.41. The molecule has 0 atom stereocenters. The van der Waals surface area contributed by atoms with Gasteiger partial charge < -0.3 is 9.64 Å². The second-order valence-electron chi connectivity index (χ2n) is 4.35. The van der Waals surface area contributed by atoms with Crippen molar-refractivity contribution in [2.75, 3.05) is 19.7 Å². The average molecular weight is 303 g/mol. The molecule has 0 saturated heterocycles. The van der Waals surface area contributed by atoms with Crippen LogP contribution >= 0.6 is 0 Å².